The van der Waals surface area contributed by atoms with Crippen LogP contribution < -0.4 is 15.8 Å². The van der Waals surface area contributed by atoms with Crippen molar-refractivity contribution in [2.45, 2.75) is 69.6 Å². The fourth-order valence-corrected chi connectivity index (χ4v) is 6.62. The van der Waals surface area contributed by atoms with Gasteiger partial charge in [-0.3, -0.25) is 9.36 Å². The molecule has 3 aliphatic heterocycles. The standard InChI is InChI=1S/C28H36N6O2/c35-22-6-3-20(4-7-22)34-26-25(17-30-28(31-26)29-16-18-1-2-18)23-8-5-21(15-24(23)27(34)36)33-14-13-32-11-9-19(33)10-12-32/h5,8,15,17-20,22,35H,1-4,6-7,9-14,16H2,(H,29,30,31). The number of anilines is 2. The topological polar surface area (TPSA) is 86.5 Å². The maximum absolute atomic E-state index is 14.2. The van der Waals surface area contributed by atoms with Gasteiger partial charge in [0.1, 0.15) is 5.65 Å². The molecule has 5 aliphatic rings. The Hall–Kier alpha value is -2.71. The summed E-state index contributed by atoms with van der Waals surface area (Å²) in [4.78, 5) is 28.8. The molecule has 0 amide bonds. The van der Waals surface area contributed by atoms with Crippen molar-refractivity contribution in [3.8, 4) is 0 Å². The number of hydrogen-bond donors (Lipinski definition) is 2. The molecule has 1 aromatic carbocycles. The molecule has 0 radical (unpaired) electrons. The van der Waals surface area contributed by atoms with Gasteiger partial charge in [0.2, 0.25) is 5.95 Å². The van der Waals surface area contributed by atoms with Crippen LogP contribution in [0.25, 0.3) is 21.8 Å². The molecule has 2 aliphatic carbocycles. The molecule has 8 rings (SSSR count). The minimum absolute atomic E-state index is 0.0375. The second kappa shape index (κ2) is 8.99. The molecule has 3 saturated heterocycles. The molecule has 0 atom stereocenters. The molecule has 8 nitrogen and oxygen atoms in total. The zero-order valence-electron chi connectivity index (χ0n) is 20.9. The molecule has 2 bridgehead atoms. The third-order valence-corrected chi connectivity index (χ3v) is 9.00. The Morgan fingerprint density at radius 3 is 2.47 bits per heavy atom. The van der Waals surface area contributed by atoms with Gasteiger partial charge in [0.25, 0.3) is 5.56 Å². The van der Waals surface area contributed by atoms with Crippen molar-refractivity contribution in [3.63, 3.8) is 0 Å². The second-order valence-corrected chi connectivity index (χ2v) is 11.4. The lowest BCUT2D eigenvalue weighted by Gasteiger charge is -2.33. The number of piperidine rings is 1. The van der Waals surface area contributed by atoms with Crippen LogP contribution in [0.1, 0.15) is 57.4 Å². The Morgan fingerprint density at radius 2 is 1.69 bits per heavy atom. The first-order chi connectivity index (χ1) is 17.6. The number of benzene rings is 1. The van der Waals surface area contributed by atoms with Gasteiger partial charge in [-0.15, -0.1) is 0 Å². The molecule has 3 aromatic rings. The van der Waals surface area contributed by atoms with E-state index in [9.17, 15) is 9.90 Å². The maximum atomic E-state index is 14.2. The lowest BCUT2D eigenvalue weighted by molar-refractivity contribution is 0.111. The van der Waals surface area contributed by atoms with Crippen LogP contribution in [-0.4, -0.2) is 69.4 Å². The minimum atomic E-state index is -0.269. The predicted molar refractivity (Wildman–Crippen MR) is 143 cm³/mol. The molecule has 8 heteroatoms. The van der Waals surface area contributed by atoms with E-state index in [-0.39, 0.29) is 17.7 Å². The molecule has 36 heavy (non-hydrogen) atoms. The number of aromatic nitrogens is 3. The summed E-state index contributed by atoms with van der Waals surface area (Å²) in [7, 11) is 0. The Morgan fingerprint density at radius 1 is 0.889 bits per heavy atom. The van der Waals surface area contributed by atoms with Crippen molar-refractivity contribution in [2.24, 2.45) is 5.92 Å². The van der Waals surface area contributed by atoms with Gasteiger partial charge in [-0.2, -0.15) is 4.98 Å². The van der Waals surface area contributed by atoms with Crippen LogP contribution in [0.4, 0.5) is 11.6 Å². The summed E-state index contributed by atoms with van der Waals surface area (Å²) in [6.07, 6.45) is 9.56. The zero-order valence-corrected chi connectivity index (χ0v) is 20.9. The van der Waals surface area contributed by atoms with Gasteiger partial charge in [0, 0.05) is 62.1 Å². The van der Waals surface area contributed by atoms with Gasteiger partial charge >= 0.3 is 0 Å². The number of aliphatic hydroxyl groups is 1. The Balaban J connectivity index is 1.36. The fraction of sp³-hybridized carbons (Fsp3) is 0.607. The van der Waals surface area contributed by atoms with Crippen LogP contribution >= 0.6 is 0 Å². The third-order valence-electron chi connectivity index (χ3n) is 9.00. The largest absolute Gasteiger partial charge is 0.393 e. The van der Waals surface area contributed by atoms with Gasteiger partial charge in [0.15, 0.2) is 0 Å². The molecule has 0 unspecified atom stereocenters. The molecule has 2 N–H and O–H groups in total. The summed E-state index contributed by atoms with van der Waals surface area (Å²) in [6.45, 7) is 5.34. The highest BCUT2D eigenvalue weighted by atomic mass is 16.3. The van der Waals surface area contributed by atoms with E-state index in [1.54, 1.807) is 0 Å². The third kappa shape index (κ3) is 4.04. The Labute approximate surface area is 211 Å². The van der Waals surface area contributed by atoms with Gasteiger partial charge in [-0.05, 0) is 74.8 Å². The first-order valence-electron chi connectivity index (χ1n) is 13.9. The average Bonchev–Trinajstić information content (AvgIpc) is 3.77. The van der Waals surface area contributed by atoms with Gasteiger partial charge in [-0.25, -0.2) is 4.98 Å². The predicted octanol–water partition coefficient (Wildman–Crippen LogP) is 3.53. The molecular weight excluding hydrogens is 452 g/mol. The SMILES string of the molecule is O=c1c2cc(N3CCN4CCC3CC4)ccc2c2cnc(NCC3CC3)nc2n1C1CCC(O)CC1. The van der Waals surface area contributed by atoms with Crippen molar-refractivity contribution >= 4 is 33.4 Å². The van der Waals surface area contributed by atoms with E-state index in [0.29, 0.717) is 17.9 Å². The first kappa shape index (κ1) is 22.5. The quantitative estimate of drug-likeness (QED) is 0.532. The summed E-state index contributed by atoms with van der Waals surface area (Å²) in [5.41, 5.74) is 1.91. The minimum Gasteiger partial charge on any atom is -0.393 e. The highest BCUT2D eigenvalue weighted by Gasteiger charge is 2.30. The van der Waals surface area contributed by atoms with E-state index in [1.807, 2.05) is 10.8 Å². The smallest absolute Gasteiger partial charge is 0.260 e. The van der Waals surface area contributed by atoms with Crippen molar-refractivity contribution in [3.05, 3.63) is 34.7 Å². The van der Waals surface area contributed by atoms with Crippen LogP contribution in [0.15, 0.2) is 29.2 Å². The molecule has 2 saturated carbocycles. The zero-order chi connectivity index (χ0) is 24.2. The average molecular weight is 489 g/mol. The summed E-state index contributed by atoms with van der Waals surface area (Å²) < 4.78 is 1.93. The fourth-order valence-electron chi connectivity index (χ4n) is 6.62. The van der Waals surface area contributed by atoms with Crippen LogP contribution in [0.3, 0.4) is 0 Å². The summed E-state index contributed by atoms with van der Waals surface area (Å²) in [5, 5.41) is 16.1. The number of rotatable bonds is 5. The molecule has 0 spiro atoms. The summed E-state index contributed by atoms with van der Waals surface area (Å²) in [5.74, 6) is 1.32. The normalized spacial score (nSPS) is 28.5. The number of aliphatic hydroxyl groups excluding tert-OH is 1. The monoisotopic (exact) mass is 488 g/mol. The van der Waals surface area contributed by atoms with Crippen LogP contribution in [0.2, 0.25) is 0 Å². The summed E-state index contributed by atoms with van der Waals surface area (Å²) in [6, 6.07) is 7.02. The van der Waals surface area contributed by atoms with Crippen LogP contribution in [0.5, 0.6) is 0 Å². The number of nitrogens with zero attached hydrogens (tertiary/aromatic N) is 5. The van der Waals surface area contributed by atoms with Crippen molar-refractivity contribution in [2.75, 3.05) is 42.9 Å². The van der Waals surface area contributed by atoms with Gasteiger partial charge in [-0.1, -0.05) is 6.07 Å². The van der Waals surface area contributed by atoms with E-state index in [2.05, 4.69) is 38.3 Å². The van der Waals surface area contributed by atoms with Crippen LogP contribution in [0, 0.1) is 5.92 Å². The van der Waals surface area contributed by atoms with Gasteiger partial charge < -0.3 is 20.2 Å². The van der Waals surface area contributed by atoms with E-state index in [1.165, 1.54) is 38.8 Å². The Kier molecular flexibility index (Phi) is 5.62. The number of fused-ring (bicyclic) bond motifs is 7. The lowest BCUT2D eigenvalue weighted by Crippen LogP contribution is -2.38. The maximum Gasteiger partial charge on any atom is 0.260 e. The molecular formula is C28H36N6O2. The number of hydrogen-bond acceptors (Lipinski definition) is 7. The van der Waals surface area contributed by atoms with Crippen LogP contribution in [-0.2, 0) is 0 Å². The van der Waals surface area contributed by atoms with E-state index >= 15 is 0 Å². The Bertz CT molecular complexity index is 1340. The highest BCUT2D eigenvalue weighted by Crippen LogP contribution is 2.34. The second-order valence-electron chi connectivity index (χ2n) is 11.4. The van der Waals surface area contributed by atoms with E-state index in [0.717, 1.165) is 72.8 Å². The van der Waals surface area contributed by atoms with Gasteiger partial charge in [0.05, 0.1) is 11.5 Å². The van der Waals surface area contributed by atoms with Crippen molar-refractivity contribution in [1.29, 1.82) is 0 Å². The molecule has 5 fully saturated rings. The molecule has 2 aromatic heterocycles. The number of nitrogens with one attached hydrogen (secondary N) is 1. The molecule has 5 heterocycles. The highest BCUT2D eigenvalue weighted by molar-refractivity contribution is 6.05. The number of pyridine rings is 1. The van der Waals surface area contributed by atoms with E-state index in [4.69, 9.17) is 4.98 Å². The van der Waals surface area contributed by atoms with Crippen molar-refractivity contribution in [1.82, 2.24) is 19.4 Å². The molecule has 190 valence electrons. The van der Waals surface area contributed by atoms with Crippen molar-refractivity contribution < 1.29 is 5.11 Å². The first-order valence-corrected chi connectivity index (χ1v) is 13.9. The van der Waals surface area contributed by atoms with E-state index < -0.39 is 0 Å². The summed E-state index contributed by atoms with van der Waals surface area (Å²) >= 11 is 0. The lowest BCUT2D eigenvalue weighted by atomic mass is 9.92.